The molecule has 3 rings (SSSR count). The van der Waals surface area contributed by atoms with E-state index < -0.39 is 0 Å². The Balaban J connectivity index is 1.87. The lowest BCUT2D eigenvalue weighted by Crippen LogP contribution is -2.28. The third kappa shape index (κ3) is 2.33. The molecule has 4 nitrogen and oxygen atoms in total. The second kappa shape index (κ2) is 5.20. The number of piperidine rings is 1. The van der Waals surface area contributed by atoms with Gasteiger partial charge in [0.15, 0.2) is 5.82 Å². The summed E-state index contributed by atoms with van der Waals surface area (Å²) in [5, 5.41) is 10.8. The van der Waals surface area contributed by atoms with Crippen molar-refractivity contribution in [2.75, 3.05) is 13.1 Å². The van der Waals surface area contributed by atoms with Gasteiger partial charge in [-0.3, -0.25) is 5.10 Å². The fourth-order valence-corrected chi connectivity index (χ4v) is 2.77. The zero-order valence-corrected chi connectivity index (χ0v) is 11.6. The molecule has 5 heteroatoms. The molecule has 2 heterocycles. The summed E-state index contributed by atoms with van der Waals surface area (Å²) in [6.45, 7) is 2.10. The summed E-state index contributed by atoms with van der Waals surface area (Å²) >= 11 is 3.53. The van der Waals surface area contributed by atoms with Crippen molar-refractivity contribution in [1.82, 2.24) is 20.5 Å². The van der Waals surface area contributed by atoms with Gasteiger partial charge in [0.05, 0.1) is 0 Å². The standard InChI is InChI=1S/C13H15BrN4/c14-11-6-2-1-5-10(11)13-16-12(17-18-13)9-4-3-7-15-8-9/h1-2,5-6,9,15H,3-4,7-8H2,(H,16,17,18). The van der Waals surface area contributed by atoms with Crippen LogP contribution in [0.5, 0.6) is 0 Å². The van der Waals surface area contributed by atoms with Crippen molar-refractivity contribution in [3.63, 3.8) is 0 Å². The molecule has 0 radical (unpaired) electrons. The van der Waals surface area contributed by atoms with E-state index in [2.05, 4.69) is 36.4 Å². The molecule has 1 aliphatic heterocycles. The highest BCUT2D eigenvalue weighted by molar-refractivity contribution is 9.10. The van der Waals surface area contributed by atoms with Gasteiger partial charge in [-0.1, -0.05) is 28.1 Å². The lowest BCUT2D eigenvalue weighted by atomic mass is 9.99. The molecule has 0 amide bonds. The molecule has 94 valence electrons. The van der Waals surface area contributed by atoms with Gasteiger partial charge in [0.2, 0.25) is 0 Å². The van der Waals surface area contributed by atoms with E-state index in [1.54, 1.807) is 0 Å². The smallest absolute Gasteiger partial charge is 0.182 e. The first-order valence-corrected chi connectivity index (χ1v) is 7.02. The molecule has 0 spiro atoms. The Morgan fingerprint density at radius 2 is 2.17 bits per heavy atom. The number of halogens is 1. The molecule has 0 bridgehead atoms. The predicted octanol–water partition coefficient (Wildman–Crippen LogP) is 2.70. The Morgan fingerprint density at radius 3 is 2.94 bits per heavy atom. The van der Waals surface area contributed by atoms with Crippen LogP contribution in [0.15, 0.2) is 28.7 Å². The van der Waals surface area contributed by atoms with Gasteiger partial charge in [-0.05, 0) is 31.5 Å². The highest BCUT2D eigenvalue weighted by atomic mass is 79.9. The van der Waals surface area contributed by atoms with Gasteiger partial charge in [0.1, 0.15) is 5.82 Å². The Hall–Kier alpha value is -1.20. The number of aromatic amines is 1. The summed E-state index contributed by atoms with van der Waals surface area (Å²) in [6, 6.07) is 8.02. The molecule has 1 unspecified atom stereocenters. The number of H-pyrrole nitrogens is 1. The quantitative estimate of drug-likeness (QED) is 0.897. The Kier molecular flexibility index (Phi) is 3.43. The van der Waals surface area contributed by atoms with E-state index in [1.165, 1.54) is 12.8 Å². The molecule has 1 aliphatic rings. The third-order valence-corrected chi connectivity index (χ3v) is 3.99. The molecular weight excluding hydrogens is 292 g/mol. The van der Waals surface area contributed by atoms with Crippen LogP contribution < -0.4 is 5.32 Å². The molecule has 2 N–H and O–H groups in total. The SMILES string of the molecule is Brc1ccccc1-c1n[nH]c(C2CCCNC2)n1. The van der Waals surface area contributed by atoms with Gasteiger partial charge in [0, 0.05) is 22.5 Å². The third-order valence-electron chi connectivity index (χ3n) is 3.30. The number of nitrogens with zero attached hydrogens (tertiary/aromatic N) is 2. The largest absolute Gasteiger partial charge is 0.316 e. The molecule has 0 aliphatic carbocycles. The van der Waals surface area contributed by atoms with Crippen LogP contribution in [0.4, 0.5) is 0 Å². The fraction of sp³-hybridized carbons (Fsp3) is 0.385. The predicted molar refractivity (Wildman–Crippen MR) is 74.4 cm³/mol. The molecule has 1 aromatic carbocycles. The Bertz CT molecular complexity index is 531. The molecule has 1 aromatic heterocycles. The van der Waals surface area contributed by atoms with Crippen molar-refractivity contribution in [2.45, 2.75) is 18.8 Å². The van der Waals surface area contributed by atoms with Crippen molar-refractivity contribution < 1.29 is 0 Å². The molecule has 1 fully saturated rings. The van der Waals surface area contributed by atoms with Gasteiger partial charge in [0.25, 0.3) is 0 Å². The summed E-state index contributed by atoms with van der Waals surface area (Å²) in [5.74, 6) is 2.22. The lowest BCUT2D eigenvalue weighted by Gasteiger charge is -2.20. The van der Waals surface area contributed by atoms with Crippen LogP contribution in [0.3, 0.4) is 0 Å². The summed E-state index contributed by atoms with van der Waals surface area (Å²) in [7, 11) is 0. The monoisotopic (exact) mass is 306 g/mol. The van der Waals surface area contributed by atoms with Crippen LogP contribution in [0, 0.1) is 0 Å². The summed E-state index contributed by atoms with van der Waals surface area (Å²) in [5.41, 5.74) is 1.03. The van der Waals surface area contributed by atoms with E-state index in [9.17, 15) is 0 Å². The van der Waals surface area contributed by atoms with Gasteiger partial charge in [-0.15, -0.1) is 0 Å². The van der Waals surface area contributed by atoms with Crippen LogP contribution in [0.1, 0.15) is 24.6 Å². The van der Waals surface area contributed by atoms with Crippen molar-refractivity contribution in [3.05, 3.63) is 34.6 Å². The number of aromatic nitrogens is 3. The van der Waals surface area contributed by atoms with Crippen LogP contribution in [-0.2, 0) is 0 Å². The Morgan fingerprint density at radius 1 is 1.28 bits per heavy atom. The van der Waals surface area contributed by atoms with E-state index in [0.29, 0.717) is 5.92 Å². The van der Waals surface area contributed by atoms with Crippen LogP contribution >= 0.6 is 15.9 Å². The normalized spacial score (nSPS) is 19.9. The number of nitrogens with one attached hydrogen (secondary N) is 2. The number of rotatable bonds is 2. The first-order chi connectivity index (χ1) is 8.84. The van der Waals surface area contributed by atoms with Gasteiger partial charge >= 0.3 is 0 Å². The minimum atomic E-state index is 0.461. The maximum atomic E-state index is 4.63. The van der Waals surface area contributed by atoms with Gasteiger partial charge in [-0.25, -0.2) is 4.98 Å². The maximum Gasteiger partial charge on any atom is 0.182 e. The second-order valence-electron chi connectivity index (χ2n) is 4.57. The van der Waals surface area contributed by atoms with E-state index in [0.717, 1.165) is 34.8 Å². The van der Waals surface area contributed by atoms with Crippen molar-refractivity contribution >= 4 is 15.9 Å². The van der Waals surface area contributed by atoms with E-state index in [1.807, 2.05) is 24.3 Å². The zero-order valence-electron chi connectivity index (χ0n) is 9.99. The van der Waals surface area contributed by atoms with Crippen molar-refractivity contribution in [2.24, 2.45) is 0 Å². The number of hydrogen-bond donors (Lipinski definition) is 2. The van der Waals surface area contributed by atoms with Crippen LogP contribution in [0.25, 0.3) is 11.4 Å². The van der Waals surface area contributed by atoms with E-state index >= 15 is 0 Å². The van der Waals surface area contributed by atoms with Crippen LogP contribution in [0.2, 0.25) is 0 Å². The lowest BCUT2D eigenvalue weighted by molar-refractivity contribution is 0.447. The molecule has 2 aromatic rings. The number of benzene rings is 1. The first kappa shape index (κ1) is 11.9. The molecule has 1 saturated heterocycles. The number of hydrogen-bond acceptors (Lipinski definition) is 3. The highest BCUT2D eigenvalue weighted by Crippen LogP contribution is 2.27. The molecule has 0 saturated carbocycles. The minimum absolute atomic E-state index is 0.461. The maximum absolute atomic E-state index is 4.63. The van der Waals surface area contributed by atoms with Gasteiger partial charge < -0.3 is 5.32 Å². The Labute approximate surface area is 114 Å². The molecule has 1 atom stereocenters. The minimum Gasteiger partial charge on any atom is -0.316 e. The molecule has 18 heavy (non-hydrogen) atoms. The second-order valence-corrected chi connectivity index (χ2v) is 5.42. The van der Waals surface area contributed by atoms with Crippen LogP contribution in [-0.4, -0.2) is 28.3 Å². The van der Waals surface area contributed by atoms with Gasteiger partial charge in [-0.2, -0.15) is 5.10 Å². The zero-order chi connectivity index (χ0) is 12.4. The van der Waals surface area contributed by atoms with Crippen molar-refractivity contribution in [1.29, 1.82) is 0 Å². The van der Waals surface area contributed by atoms with Crippen molar-refractivity contribution in [3.8, 4) is 11.4 Å². The average molecular weight is 307 g/mol. The van der Waals surface area contributed by atoms with E-state index in [-0.39, 0.29) is 0 Å². The summed E-state index contributed by atoms with van der Waals surface area (Å²) in [6.07, 6.45) is 2.38. The fourth-order valence-electron chi connectivity index (χ4n) is 2.31. The first-order valence-electron chi connectivity index (χ1n) is 6.22. The molecular formula is C13H15BrN4. The summed E-state index contributed by atoms with van der Waals surface area (Å²) in [4.78, 5) is 4.63. The highest BCUT2D eigenvalue weighted by Gasteiger charge is 2.19. The summed E-state index contributed by atoms with van der Waals surface area (Å²) < 4.78 is 1.03. The topological polar surface area (TPSA) is 53.6 Å². The average Bonchev–Trinajstić information content (AvgIpc) is 2.90. The van der Waals surface area contributed by atoms with E-state index in [4.69, 9.17) is 0 Å².